The number of ether oxygens (including phenoxy) is 3. The molecule has 0 spiro atoms. The van der Waals surface area contributed by atoms with Crippen molar-refractivity contribution in [1.29, 1.82) is 0 Å². The van der Waals surface area contributed by atoms with Gasteiger partial charge in [0.2, 0.25) is 10.0 Å². The molecule has 0 saturated heterocycles. The molecule has 0 aliphatic carbocycles. The Balaban J connectivity index is 1.82. The number of sulfonamides is 1. The molecule has 2 N–H and O–H groups in total. The Labute approximate surface area is 185 Å². The molecule has 6 nitrogen and oxygen atoms in total. The van der Waals surface area contributed by atoms with Crippen molar-refractivity contribution >= 4 is 27.4 Å². The van der Waals surface area contributed by atoms with Crippen molar-refractivity contribution in [2.45, 2.75) is 11.9 Å². The molecule has 2 aromatic carbocycles. The van der Waals surface area contributed by atoms with Crippen molar-refractivity contribution in [3.8, 4) is 22.6 Å². The number of primary sulfonamides is 1. The summed E-state index contributed by atoms with van der Waals surface area (Å²) in [6.07, 6.45) is 3.59. The minimum Gasteiger partial charge on any atom is -0.496 e. The van der Waals surface area contributed by atoms with Gasteiger partial charge < -0.3 is 14.2 Å². The Kier molecular flexibility index (Phi) is 6.15. The molecule has 1 atom stereocenters. The molecule has 8 heteroatoms. The predicted octanol–water partition coefficient (Wildman–Crippen LogP) is 4.35. The van der Waals surface area contributed by atoms with E-state index < -0.39 is 10.0 Å². The quantitative estimate of drug-likeness (QED) is 0.570. The normalized spacial score (nSPS) is 15.4. The zero-order valence-electron chi connectivity index (χ0n) is 17.2. The molecule has 4 rings (SSSR count). The first kappa shape index (κ1) is 21.6. The van der Waals surface area contributed by atoms with E-state index in [-0.39, 0.29) is 11.9 Å². The second kappa shape index (κ2) is 8.84. The Morgan fingerprint density at radius 2 is 2.00 bits per heavy atom. The third kappa shape index (κ3) is 4.67. The van der Waals surface area contributed by atoms with Crippen molar-refractivity contribution in [2.75, 3.05) is 20.8 Å². The molecule has 3 aromatic rings. The fourth-order valence-corrected chi connectivity index (χ4v) is 5.32. The van der Waals surface area contributed by atoms with Crippen molar-refractivity contribution in [1.82, 2.24) is 0 Å². The number of hydrogen-bond acceptors (Lipinski definition) is 6. The van der Waals surface area contributed by atoms with Crippen molar-refractivity contribution in [2.24, 2.45) is 5.14 Å². The molecule has 31 heavy (non-hydrogen) atoms. The summed E-state index contributed by atoms with van der Waals surface area (Å²) in [5.41, 5.74) is 3.30. The van der Waals surface area contributed by atoms with Crippen LogP contribution >= 0.6 is 11.3 Å². The van der Waals surface area contributed by atoms with Crippen LogP contribution in [0.3, 0.4) is 0 Å². The molecule has 1 unspecified atom stereocenters. The summed E-state index contributed by atoms with van der Waals surface area (Å²) in [7, 11) is -0.377. The minimum absolute atomic E-state index is 0.235. The van der Waals surface area contributed by atoms with Gasteiger partial charge in [0.05, 0.1) is 29.9 Å². The molecule has 1 aromatic heterocycles. The van der Waals surface area contributed by atoms with Crippen LogP contribution in [0.4, 0.5) is 0 Å². The predicted molar refractivity (Wildman–Crippen MR) is 123 cm³/mol. The summed E-state index contributed by atoms with van der Waals surface area (Å²) in [5.74, 6) is 1.19. The SMILES string of the molecule is COCC=Cc1ccc(C2Oc3cccc(OC)c3-c3ccc(CS(N)(=O)=O)cc32)s1. The Morgan fingerprint density at radius 1 is 1.16 bits per heavy atom. The standard InChI is InChI=1S/C23H23NO5S2/c1-27-12-4-5-16-9-11-21(30-16)23-18-13-15(14-31(24,25)26)8-10-17(18)22-19(28-2)6-3-7-20(22)29-23/h3-11,13,23H,12,14H2,1-2H3,(H2,24,25,26). The molecule has 0 radical (unpaired) electrons. The summed E-state index contributed by atoms with van der Waals surface area (Å²) < 4.78 is 40.4. The Bertz CT molecular complexity index is 1230. The van der Waals surface area contributed by atoms with E-state index in [2.05, 4.69) is 0 Å². The number of fused-ring (bicyclic) bond motifs is 3. The molecule has 0 fully saturated rings. The van der Waals surface area contributed by atoms with Crippen LogP contribution in [-0.2, 0) is 20.5 Å². The van der Waals surface area contributed by atoms with Crippen LogP contribution in [0.5, 0.6) is 11.5 Å². The maximum absolute atomic E-state index is 11.7. The number of thiophene rings is 1. The molecular weight excluding hydrogens is 434 g/mol. The monoisotopic (exact) mass is 457 g/mol. The minimum atomic E-state index is -3.65. The highest BCUT2D eigenvalue weighted by atomic mass is 32.2. The van der Waals surface area contributed by atoms with Gasteiger partial charge in [-0.25, -0.2) is 13.6 Å². The van der Waals surface area contributed by atoms with Crippen molar-refractivity contribution in [3.63, 3.8) is 0 Å². The highest BCUT2D eigenvalue weighted by molar-refractivity contribution is 7.88. The van der Waals surface area contributed by atoms with E-state index in [1.807, 2.05) is 54.6 Å². The lowest BCUT2D eigenvalue weighted by molar-refractivity contribution is 0.234. The first-order chi connectivity index (χ1) is 14.9. The lowest BCUT2D eigenvalue weighted by Gasteiger charge is -2.29. The van der Waals surface area contributed by atoms with Gasteiger partial charge in [0.15, 0.2) is 6.10 Å². The van der Waals surface area contributed by atoms with E-state index in [4.69, 9.17) is 19.3 Å². The number of benzene rings is 2. The van der Waals surface area contributed by atoms with Crippen LogP contribution in [0, 0.1) is 0 Å². The Hall–Kier alpha value is -2.65. The van der Waals surface area contributed by atoms with Crippen LogP contribution in [-0.4, -0.2) is 29.2 Å². The summed E-state index contributed by atoms with van der Waals surface area (Å²) >= 11 is 1.62. The van der Waals surface area contributed by atoms with Gasteiger partial charge in [-0.3, -0.25) is 0 Å². The number of nitrogens with two attached hydrogens (primary N) is 1. The highest BCUT2D eigenvalue weighted by Crippen LogP contribution is 2.50. The summed E-state index contributed by atoms with van der Waals surface area (Å²) in [4.78, 5) is 2.09. The lowest BCUT2D eigenvalue weighted by Crippen LogP contribution is -2.17. The van der Waals surface area contributed by atoms with Crippen LogP contribution < -0.4 is 14.6 Å². The van der Waals surface area contributed by atoms with E-state index in [1.165, 1.54) is 0 Å². The third-order valence-electron chi connectivity index (χ3n) is 4.94. The van der Waals surface area contributed by atoms with Crippen LogP contribution in [0.2, 0.25) is 0 Å². The molecule has 1 aliphatic rings. The fourth-order valence-electron chi connectivity index (χ4n) is 3.68. The van der Waals surface area contributed by atoms with Crippen molar-refractivity contribution in [3.05, 3.63) is 75.5 Å². The van der Waals surface area contributed by atoms with Gasteiger partial charge >= 0.3 is 0 Å². The third-order valence-corrected chi connectivity index (χ3v) is 6.77. The molecule has 1 aliphatic heterocycles. The van der Waals surface area contributed by atoms with Gasteiger partial charge in [-0.2, -0.15) is 0 Å². The fraction of sp³-hybridized carbons (Fsp3) is 0.217. The topological polar surface area (TPSA) is 87.8 Å². The van der Waals surface area contributed by atoms with Gasteiger partial charge in [-0.05, 0) is 41.5 Å². The van der Waals surface area contributed by atoms with Crippen LogP contribution in [0.15, 0.2) is 54.6 Å². The van der Waals surface area contributed by atoms with Gasteiger partial charge in [-0.1, -0.05) is 30.3 Å². The van der Waals surface area contributed by atoms with Crippen LogP contribution in [0.1, 0.15) is 27.0 Å². The van der Waals surface area contributed by atoms with E-state index in [1.54, 1.807) is 31.6 Å². The van der Waals surface area contributed by atoms with Crippen LogP contribution in [0.25, 0.3) is 17.2 Å². The number of methoxy groups -OCH3 is 2. The van der Waals surface area contributed by atoms with E-state index in [9.17, 15) is 8.42 Å². The second-order valence-corrected chi connectivity index (χ2v) is 9.92. The Morgan fingerprint density at radius 3 is 2.74 bits per heavy atom. The summed E-state index contributed by atoms with van der Waals surface area (Å²) in [5, 5.41) is 5.28. The lowest BCUT2D eigenvalue weighted by atomic mass is 9.90. The maximum atomic E-state index is 11.7. The highest BCUT2D eigenvalue weighted by Gasteiger charge is 2.31. The van der Waals surface area contributed by atoms with Gasteiger partial charge in [0.1, 0.15) is 11.5 Å². The maximum Gasteiger partial charge on any atom is 0.213 e. The van der Waals surface area contributed by atoms with Gasteiger partial charge in [0, 0.05) is 17.6 Å². The molecule has 0 amide bonds. The zero-order chi connectivity index (χ0) is 22.0. The zero-order valence-corrected chi connectivity index (χ0v) is 18.8. The van der Waals surface area contributed by atoms with E-state index >= 15 is 0 Å². The molecule has 0 saturated carbocycles. The average molecular weight is 458 g/mol. The average Bonchev–Trinajstić information content (AvgIpc) is 3.20. The van der Waals surface area contributed by atoms with E-state index in [0.717, 1.165) is 32.2 Å². The summed E-state index contributed by atoms with van der Waals surface area (Å²) in [6, 6.07) is 15.3. The smallest absolute Gasteiger partial charge is 0.213 e. The number of rotatable bonds is 7. The van der Waals surface area contributed by atoms with Gasteiger partial charge in [0.25, 0.3) is 0 Å². The molecule has 2 heterocycles. The van der Waals surface area contributed by atoms with Gasteiger partial charge in [-0.15, -0.1) is 11.3 Å². The largest absolute Gasteiger partial charge is 0.496 e. The number of hydrogen-bond donors (Lipinski definition) is 1. The van der Waals surface area contributed by atoms with E-state index in [0.29, 0.717) is 17.9 Å². The second-order valence-electron chi connectivity index (χ2n) is 7.16. The molecule has 162 valence electrons. The summed E-state index contributed by atoms with van der Waals surface area (Å²) in [6.45, 7) is 0.542. The molecule has 0 bridgehead atoms. The first-order valence-corrected chi connectivity index (χ1v) is 12.2. The molecular formula is C23H23NO5S2. The van der Waals surface area contributed by atoms with Crippen molar-refractivity contribution < 1.29 is 22.6 Å². The first-order valence-electron chi connectivity index (χ1n) is 9.62.